The SMILES string of the molecule is CCc1sc([C@H](C)NC(=O)Cn2ccc(=O)c([N+](=O)[O-])c2)cc1C. The molecule has 2 aromatic rings. The van der Waals surface area contributed by atoms with Gasteiger partial charge in [0.15, 0.2) is 0 Å². The van der Waals surface area contributed by atoms with Gasteiger partial charge < -0.3 is 9.88 Å². The summed E-state index contributed by atoms with van der Waals surface area (Å²) in [6, 6.07) is 3.01. The maximum Gasteiger partial charge on any atom is 0.332 e. The van der Waals surface area contributed by atoms with Gasteiger partial charge in [0.25, 0.3) is 5.43 Å². The lowest BCUT2D eigenvalue weighted by atomic mass is 10.2. The molecule has 0 spiro atoms. The van der Waals surface area contributed by atoms with Crippen molar-refractivity contribution in [1.29, 1.82) is 0 Å². The van der Waals surface area contributed by atoms with E-state index in [9.17, 15) is 19.7 Å². The van der Waals surface area contributed by atoms with Crippen LogP contribution in [0.5, 0.6) is 0 Å². The Labute approximate surface area is 143 Å². The minimum atomic E-state index is -0.750. The fourth-order valence-electron chi connectivity index (χ4n) is 2.38. The van der Waals surface area contributed by atoms with Gasteiger partial charge in [-0.05, 0) is 31.9 Å². The quantitative estimate of drug-likeness (QED) is 0.640. The number of hydrogen-bond donors (Lipinski definition) is 1. The topological polar surface area (TPSA) is 94.2 Å². The average Bonchev–Trinajstić information content (AvgIpc) is 2.90. The summed E-state index contributed by atoms with van der Waals surface area (Å²) in [5, 5.41) is 13.7. The highest BCUT2D eigenvalue weighted by Gasteiger charge is 2.16. The van der Waals surface area contributed by atoms with E-state index in [0.29, 0.717) is 0 Å². The van der Waals surface area contributed by atoms with Crippen molar-refractivity contribution in [2.75, 3.05) is 0 Å². The van der Waals surface area contributed by atoms with Crippen LogP contribution in [0.15, 0.2) is 29.3 Å². The van der Waals surface area contributed by atoms with Gasteiger partial charge in [-0.15, -0.1) is 11.3 Å². The fraction of sp³-hybridized carbons (Fsp3) is 0.375. The lowest BCUT2D eigenvalue weighted by Crippen LogP contribution is -2.30. The number of pyridine rings is 1. The average molecular weight is 349 g/mol. The van der Waals surface area contributed by atoms with E-state index in [0.717, 1.165) is 23.6 Å². The number of carbonyl (C=O) groups is 1. The molecule has 7 nitrogen and oxygen atoms in total. The summed E-state index contributed by atoms with van der Waals surface area (Å²) >= 11 is 1.67. The first kappa shape index (κ1) is 17.9. The minimum Gasteiger partial charge on any atom is -0.347 e. The summed E-state index contributed by atoms with van der Waals surface area (Å²) in [4.78, 5) is 35.9. The van der Waals surface area contributed by atoms with E-state index >= 15 is 0 Å². The molecule has 1 atom stereocenters. The smallest absolute Gasteiger partial charge is 0.332 e. The van der Waals surface area contributed by atoms with E-state index in [-0.39, 0.29) is 18.5 Å². The van der Waals surface area contributed by atoms with Crippen LogP contribution in [-0.4, -0.2) is 15.4 Å². The van der Waals surface area contributed by atoms with E-state index in [4.69, 9.17) is 0 Å². The molecule has 128 valence electrons. The largest absolute Gasteiger partial charge is 0.347 e. The molecular weight excluding hydrogens is 330 g/mol. The fourth-order valence-corrected chi connectivity index (χ4v) is 3.50. The van der Waals surface area contributed by atoms with Crippen LogP contribution < -0.4 is 10.7 Å². The van der Waals surface area contributed by atoms with Gasteiger partial charge in [-0.25, -0.2) is 0 Å². The second-order valence-electron chi connectivity index (χ2n) is 5.52. The molecule has 0 aliphatic heterocycles. The zero-order chi connectivity index (χ0) is 17.9. The van der Waals surface area contributed by atoms with Gasteiger partial charge >= 0.3 is 5.69 Å². The molecule has 0 aliphatic rings. The van der Waals surface area contributed by atoms with E-state index in [1.807, 2.05) is 13.8 Å². The normalized spacial score (nSPS) is 12.0. The molecule has 0 unspecified atom stereocenters. The number of nitrogens with zero attached hydrogens (tertiary/aromatic N) is 2. The van der Waals surface area contributed by atoms with Crippen molar-refractivity contribution in [2.45, 2.75) is 39.8 Å². The predicted octanol–water partition coefficient (Wildman–Crippen LogP) is 2.57. The third-order valence-corrected chi connectivity index (χ3v) is 5.21. The number of hydrogen-bond acceptors (Lipinski definition) is 5. The number of amides is 1. The molecule has 0 radical (unpaired) electrons. The molecule has 2 heterocycles. The number of carbonyl (C=O) groups excluding carboxylic acids is 1. The standard InChI is InChI=1S/C16H19N3O4S/c1-4-14-10(2)7-15(24-14)11(3)17-16(21)9-18-6-5-13(20)12(8-18)19(22)23/h5-8,11H,4,9H2,1-3H3,(H,17,21)/t11-/m0/s1. The number of thiophene rings is 1. The molecule has 1 N–H and O–H groups in total. The van der Waals surface area contributed by atoms with Crippen LogP contribution in [0.25, 0.3) is 0 Å². The van der Waals surface area contributed by atoms with Crippen LogP contribution in [0.2, 0.25) is 0 Å². The Balaban J connectivity index is 2.06. The number of nitro groups is 1. The minimum absolute atomic E-state index is 0.0869. The molecule has 0 saturated heterocycles. The van der Waals surface area contributed by atoms with Crippen LogP contribution in [0.1, 0.15) is 35.2 Å². The van der Waals surface area contributed by atoms with E-state index < -0.39 is 16.0 Å². The molecule has 1 amide bonds. The van der Waals surface area contributed by atoms with Crippen LogP contribution in [0, 0.1) is 17.0 Å². The van der Waals surface area contributed by atoms with E-state index in [1.54, 1.807) is 11.3 Å². The first-order valence-electron chi connectivity index (χ1n) is 7.54. The van der Waals surface area contributed by atoms with Gasteiger partial charge in [-0.1, -0.05) is 6.92 Å². The molecule has 0 aliphatic carbocycles. The third kappa shape index (κ3) is 4.08. The van der Waals surface area contributed by atoms with Crippen LogP contribution in [0.3, 0.4) is 0 Å². The Bertz CT molecular complexity index is 825. The monoisotopic (exact) mass is 349 g/mol. The molecule has 2 rings (SSSR count). The Morgan fingerprint density at radius 2 is 2.21 bits per heavy atom. The summed E-state index contributed by atoms with van der Waals surface area (Å²) in [6.45, 7) is 5.95. The number of nitrogens with one attached hydrogen (secondary N) is 1. The molecule has 0 aromatic carbocycles. The Kier molecular flexibility index (Phi) is 5.50. The lowest BCUT2D eigenvalue weighted by molar-refractivity contribution is -0.386. The summed E-state index contributed by atoms with van der Waals surface area (Å²) in [5.41, 5.74) is 0.000586. The summed E-state index contributed by atoms with van der Waals surface area (Å²) in [7, 11) is 0. The molecular formula is C16H19N3O4S. The van der Waals surface area contributed by atoms with Crippen LogP contribution in [-0.2, 0) is 17.8 Å². The van der Waals surface area contributed by atoms with Crippen molar-refractivity contribution < 1.29 is 9.72 Å². The maximum atomic E-state index is 12.1. The van der Waals surface area contributed by atoms with Gasteiger partial charge in [0.1, 0.15) is 6.54 Å². The molecule has 0 fully saturated rings. The highest BCUT2D eigenvalue weighted by molar-refractivity contribution is 7.12. The highest BCUT2D eigenvalue weighted by Crippen LogP contribution is 2.27. The zero-order valence-corrected chi connectivity index (χ0v) is 14.6. The summed E-state index contributed by atoms with van der Waals surface area (Å²) < 4.78 is 1.33. The van der Waals surface area contributed by atoms with Crippen molar-refractivity contribution in [3.05, 3.63) is 60.2 Å². The second-order valence-corrected chi connectivity index (χ2v) is 6.69. The lowest BCUT2D eigenvalue weighted by Gasteiger charge is -2.13. The molecule has 2 aromatic heterocycles. The molecule has 0 bridgehead atoms. The second kappa shape index (κ2) is 7.39. The van der Waals surface area contributed by atoms with Crippen molar-refractivity contribution in [3.63, 3.8) is 0 Å². The first-order chi connectivity index (χ1) is 11.3. The predicted molar refractivity (Wildman–Crippen MR) is 92.3 cm³/mol. The Morgan fingerprint density at radius 3 is 2.79 bits per heavy atom. The van der Waals surface area contributed by atoms with Crippen molar-refractivity contribution in [3.8, 4) is 0 Å². The van der Waals surface area contributed by atoms with Gasteiger partial charge in [-0.2, -0.15) is 0 Å². The van der Waals surface area contributed by atoms with Gasteiger partial charge in [-0.3, -0.25) is 19.7 Å². The summed E-state index contributed by atoms with van der Waals surface area (Å²) in [5.74, 6) is -0.274. The van der Waals surface area contributed by atoms with Crippen molar-refractivity contribution >= 4 is 22.9 Å². The first-order valence-corrected chi connectivity index (χ1v) is 8.36. The van der Waals surface area contributed by atoms with Crippen molar-refractivity contribution in [1.82, 2.24) is 9.88 Å². The number of aromatic nitrogens is 1. The third-order valence-electron chi connectivity index (χ3n) is 3.65. The van der Waals surface area contributed by atoms with Gasteiger partial charge in [0, 0.05) is 22.0 Å². The number of aryl methyl sites for hydroxylation is 2. The molecule has 0 saturated carbocycles. The van der Waals surface area contributed by atoms with Crippen LogP contribution in [0.4, 0.5) is 5.69 Å². The summed E-state index contributed by atoms with van der Waals surface area (Å²) in [6.07, 6.45) is 3.40. The van der Waals surface area contributed by atoms with E-state index in [2.05, 4.69) is 18.3 Å². The van der Waals surface area contributed by atoms with Crippen molar-refractivity contribution in [2.24, 2.45) is 0 Å². The molecule has 24 heavy (non-hydrogen) atoms. The maximum absolute atomic E-state index is 12.1. The van der Waals surface area contributed by atoms with Crippen LogP contribution >= 0.6 is 11.3 Å². The Morgan fingerprint density at radius 1 is 1.50 bits per heavy atom. The zero-order valence-electron chi connectivity index (χ0n) is 13.7. The van der Waals surface area contributed by atoms with Gasteiger partial charge in [0.2, 0.25) is 5.91 Å². The highest BCUT2D eigenvalue weighted by atomic mass is 32.1. The van der Waals surface area contributed by atoms with E-state index in [1.165, 1.54) is 21.2 Å². The Hall–Kier alpha value is -2.48. The number of rotatable bonds is 6. The molecule has 8 heteroatoms. The van der Waals surface area contributed by atoms with Gasteiger partial charge in [0.05, 0.1) is 17.2 Å².